The van der Waals surface area contributed by atoms with E-state index in [1.165, 1.54) is 38.5 Å². The topological polar surface area (TPSA) is 32.6 Å². The van der Waals surface area contributed by atoms with E-state index in [2.05, 4.69) is 12.1 Å². The van der Waals surface area contributed by atoms with E-state index in [0.717, 1.165) is 29.9 Å². The summed E-state index contributed by atoms with van der Waals surface area (Å²) in [6, 6.07) is 0. The van der Waals surface area contributed by atoms with Crippen LogP contribution in [0.25, 0.3) is 0 Å². The van der Waals surface area contributed by atoms with Crippen LogP contribution in [-0.2, 0) is 0 Å². The van der Waals surface area contributed by atoms with Crippen molar-refractivity contribution in [3.8, 4) is 0 Å². The zero-order chi connectivity index (χ0) is 10.5. The molecule has 0 aromatic carbocycles. The van der Waals surface area contributed by atoms with Gasteiger partial charge in [-0.25, -0.2) is 0 Å². The lowest BCUT2D eigenvalue weighted by Gasteiger charge is -2.56. The van der Waals surface area contributed by atoms with Crippen LogP contribution in [0.15, 0.2) is 5.16 Å². The summed E-state index contributed by atoms with van der Waals surface area (Å²) < 4.78 is 0. The third-order valence-electron chi connectivity index (χ3n) is 5.11. The lowest BCUT2D eigenvalue weighted by atomic mass is 9.48. The van der Waals surface area contributed by atoms with Gasteiger partial charge in [-0.3, -0.25) is 0 Å². The molecule has 1 N–H and O–H groups in total. The largest absolute Gasteiger partial charge is 0.411 e. The minimum absolute atomic E-state index is 0.318. The van der Waals surface area contributed by atoms with E-state index in [1.807, 2.05) is 0 Å². The first-order valence-corrected chi connectivity index (χ1v) is 6.47. The molecule has 0 spiro atoms. The number of hydrogen-bond acceptors (Lipinski definition) is 2. The summed E-state index contributed by atoms with van der Waals surface area (Å²) in [5.41, 5.74) is 1.42. The molecule has 0 heterocycles. The zero-order valence-electron chi connectivity index (χ0n) is 9.58. The molecule has 4 saturated carbocycles. The third kappa shape index (κ3) is 1.33. The van der Waals surface area contributed by atoms with Crippen LogP contribution in [-0.4, -0.2) is 10.9 Å². The van der Waals surface area contributed by atoms with E-state index in [-0.39, 0.29) is 0 Å². The maximum Gasteiger partial charge on any atom is 0.0629 e. The Kier molecular flexibility index (Phi) is 2.08. The predicted molar refractivity (Wildman–Crippen MR) is 60.1 cm³/mol. The van der Waals surface area contributed by atoms with Crippen LogP contribution in [0.4, 0.5) is 0 Å². The highest BCUT2D eigenvalue weighted by Gasteiger charge is 2.52. The monoisotopic (exact) mass is 207 g/mol. The summed E-state index contributed by atoms with van der Waals surface area (Å²) >= 11 is 0. The molecule has 4 fully saturated rings. The molecule has 4 rings (SSSR count). The first kappa shape index (κ1) is 9.68. The predicted octanol–water partition coefficient (Wildman–Crippen LogP) is 3.44. The van der Waals surface area contributed by atoms with Crippen LogP contribution < -0.4 is 0 Å². The van der Waals surface area contributed by atoms with Gasteiger partial charge < -0.3 is 5.21 Å². The fourth-order valence-corrected chi connectivity index (χ4v) is 5.02. The fourth-order valence-electron chi connectivity index (χ4n) is 5.02. The number of oxime groups is 1. The first-order valence-electron chi connectivity index (χ1n) is 6.47. The van der Waals surface area contributed by atoms with Crippen LogP contribution >= 0.6 is 0 Å². The SMILES string of the molecule is CC/C(=N\O)C12CC3CC(CC(C3)C1)C2. The third-order valence-corrected chi connectivity index (χ3v) is 5.11. The van der Waals surface area contributed by atoms with Gasteiger partial charge in [0, 0.05) is 5.41 Å². The van der Waals surface area contributed by atoms with Gasteiger partial charge in [0.05, 0.1) is 5.71 Å². The average Bonchev–Trinajstić information content (AvgIpc) is 2.16. The van der Waals surface area contributed by atoms with Gasteiger partial charge in [0.25, 0.3) is 0 Å². The molecule has 4 bridgehead atoms. The number of hydrogen-bond donors (Lipinski definition) is 1. The van der Waals surface area contributed by atoms with Crippen molar-refractivity contribution in [1.29, 1.82) is 0 Å². The summed E-state index contributed by atoms with van der Waals surface area (Å²) in [5, 5.41) is 12.8. The van der Waals surface area contributed by atoms with E-state index < -0.39 is 0 Å². The molecular weight excluding hydrogens is 186 g/mol. The molecule has 0 amide bonds. The average molecular weight is 207 g/mol. The van der Waals surface area contributed by atoms with Crippen molar-refractivity contribution >= 4 is 5.71 Å². The van der Waals surface area contributed by atoms with Crippen LogP contribution in [0.5, 0.6) is 0 Å². The molecule has 4 aliphatic rings. The van der Waals surface area contributed by atoms with Gasteiger partial charge in [0.15, 0.2) is 0 Å². The van der Waals surface area contributed by atoms with Crippen molar-refractivity contribution in [1.82, 2.24) is 0 Å². The van der Waals surface area contributed by atoms with Crippen LogP contribution in [0.1, 0.15) is 51.9 Å². The smallest absolute Gasteiger partial charge is 0.0629 e. The van der Waals surface area contributed by atoms with Crippen LogP contribution in [0, 0.1) is 23.2 Å². The van der Waals surface area contributed by atoms with Crippen molar-refractivity contribution in [3.05, 3.63) is 0 Å². The lowest BCUT2D eigenvalue weighted by molar-refractivity contribution is -0.0146. The van der Waals surface area contributed by atoms with Crippen molar-refractivity contribution in [2.24, 2.45) is 28.3 Å². The standard InChI is InChI=1S/C13H21NO/c1-2-12(14-15)13-6-9-3-10(7-13)5-11(4-9)8-13/h9-11,15H,2-8H2,1H3/b14-12+. The molecular formula is C13H21NO. The normalized spacial score (nSPS) is 48.6. The molecule has 15 heavy (non-hydrogen) atoms. The molecule has 0 unspecified atom stereocenters. The Labute approximate surface area is 91.7 Å². The molecule has 4 aliphatic carbocycles. The highest BCUT2D eigenvalue weighted by Crippen LogP contribution is 2.60. The summed E-state index contributed by atoms with van der Waals surface area (Å²) in [5.74, 6) is 2.83. The van der Waals surface area contributed by atoms with Crippen LogP contribution in [0.2, 0.25) is 0 Å². The zero-order valence-corrected chi connectivity index (χ0v) is 9.58. The lowest BCUT2D eigenvalue weighted by Crippen LogP contribution is -2.49. The maximum atomic E-state index is 9.17. The summed E-state index contributed by atoms with van der Waals surface area (Å²) in [7, 11) is 0. The summed E-state index contributed by atoms with van der Waals surface area (Å²) in [4.78, 5) is 0. The molecule has 0 aliphatic heterocycles. The minimum atomic E-state index is 0.318. The molecule has 2 nitrogen and oxygen atoms in total. The first-order chi connectivity index (χ1) is 7.25. The Morgan fingerprint density at radius 3 is 1.93 bits per heavy atom. The quantitative estimate of drug-likeness (QED) is 0.420. The van der Waals surface area contributed by atoms with Gasteiger partial charge in [-0.2, -0.15) is 0 Å². The van der Waals surface area contributed by atoms with Gasteiger partial charge in [-0.05, 0) is 62.7 Å². The van der Waals surface area contributed by atoms with Gasteiger partial charge >= 0.3 is 0 Å². The summed E-state index contributed by atoms with van der Waals surface area (Å²) in [6.07, 6.45) is 9.25. The molecule has 84 valence electrons. The molecule has 0 aromatic rings. The molecule has 0 radical (unpaired) electrons. The highest BCUT2D eigenvalue weighted by molar-refractivity contribution is 5.90. The Morgan fingerprint density at radius 2 is 1.60 bits per heavy atom. The second-order valence-corrected chi connectivity index (χ2v) is 6.10. The van der Waals surface area contributed by atoms with Crippen molar-refractivity contribution in [3.63, 3.8) is 0 Å². The maximum absolute atomic E-state index is 9.17. The molecule has 0 aromatic heterocycles. The van der Waals surface area contributed by atoms with Gasteiger partial charge in [0.1, 0.15) is 0 Å². The van der Waals surface area contributed by atoms with E-state index in [4.69, 9.17) is 0 Å². The van der Waals surface area contributed by atoms with E-state index in [9.17, 15) is 5.21 Å². The Morgan fingerprint density at radius 1 is 1.13 bits per heavy atom. The van der Waals surface area contributed by atoms with Crippen molar-refractivity contribution in [2.75, 3.05) is 0 Å². The Balaban J connectivity index is 1.92. The van der Waals surface area contributed by atoms with Crippen molar-refractivity contribution in [2.45, 2.75) is 51.9 Å². The number of nitrogens with zero attached hydrogens (tertiary/aromatic N) is 1. The van der Waals surface area contributed by atoms with Crippen molar-refractivity contribution < 1.29 is 5.21 Å². The Bertz CT molecular complexity index is 260. The summed E-state index contributed by atoms with van der Waals surface area (Å²) in [6.45, 7) is 2.13. The number of rotatable bonds is 2. The molecule has 0 atom stereocenters. The second kappa shape index (κ2) is 3.23. The highest BCUT2D eigenvalue weighted by atomic mass is 16.4. The van der Waals surface area contributed by atoms with Crippen LogP contribution in [0.3, 0.4) is 0 Å². The van der Waals surface area contributed by atoms with Gasteiger partial charge in [-0.15, -0.1) is 0 Å². The second-order valence-electron chi connectivity index (χ2n) is 6.10. The molecule has 2 heteroatoms. The van der Waals surface area contributed by atoms with E-state index in [1.54, 1.807) is 0 Å². The Hall–Kier alpha value is -0.530. The minimum Gasteiger partial charge on any atom is -0.411 e. The molecule has 0 saturated heterocycles. The van der Waals surface area contributed by atoms with Gasteiger partial charge in [0.2, 0.25) is 0 Å². The fraction of sp³-hybridized carbons (Fsp3) is 0.923. The van der Waals surface area contributed by atoms with E-state index >= 15 is 0 Å². The van der Waals surface area contributed by atoms with E-state index in [0.29, 0.717) is 5.41 Å². The van der Waals surface area contributed by atoms with Gasteiger partial charge in [-0.1, -0.05) is 12.1 Å².